The predicted molar refractivity (Wildman–Crippen MR) is 216 cm³/mol. The number of carbonyl (C=O) groups is 1. The van der Waals surface area contributed by atoms with Crippen LogP contribution in [-0.4, -0.2) is 89.5 Å². The first-order valence-corrected chi connectivity index (χ1v) is 19.2. The number of hydrogen-bond acceptors (Lipinski definition) is 8. The predicted octanol–water partition coefficient (Wildman–Crippen LogP) is 6.66. The minimum atomic E-state index is -1.19. The fourth-order valence-electron chi connectivity index (χ4n) is 2.56. The molecule has 0 unspecified atom stereocenters. The van der Waals surface area contributed by atoms with Crippen LogP contribution >= 0.6 is 0 Å². The summed E-state index contributed by atoms with van der Waals surface area (Å²) in [5.74, 6) is 0.128. The molecule has 0 amide bonds. The van der Waals surface area contributed by atoms with Gasteiger partial charge in [-0.2, -0.15) is 4.40 Å². The Morgan fingerprint density at radius 2 is 1.04 bits per heavy atom. The molecule has 0 aliphatic carbocycles. The molecule has 10 nitrogen and oxygen atoms in total. The smallest absolute Gasteiger partial charge is 0.159 e. The van der Waals surface area contributed by atoms with Crippen LogP contribution in [0.25, 0.3) is 0 Å². The number of Topliss-reactive ketones (excluding diaryl/α,β-unsaturated/α-hetero) is 1. The number of benzene rings is 2. The van der Waals surface area contributed by atoms with Crippen LogP contribution in [-0.2, 0) is 48.4 Å². The second kappa shape index (κ2) is 39.8. The topological polar surface area (TPSA) is 180 Å². The summed E-state index contributed by atoms with van der Waals surface area (Å²) in [4.78, 5) is 10.8. The van der Waals surface area contributed by atoms with Gasteiger partial charge in [-0.15, -0.1) is 0 Å². The zero-order valence-corrected chi connectivity index (χ0v) is 37.2. The van der Waals surface area contributed by atoms with Gasteiger partial charge < -0.3 is 25.2 Å². The number of aliphatic hydroxyl groups is 4. The van der Waals surface area contributed by atoms with Gasteiger partial charge in [-0.05, 0) is 121 Å². The second-order valence-electron chi connectivity index (χ2n) is 12.3. The summed E-state index contributed by atoms with van der Waals surface area (Å²) in [6, 6.07) is 15.7. The van der Waals surface area contributed by atoms with Crippen molar-refractivity contribution in [2.75, 3.05) is 39.6 Å². The molecule has 3 rings (SSSR count). The number of ether oxygens (including phenoxy) is 1. The molecule has 2 atom stereocenters. The van der Waals surface area contributed by atoms with Gasteiger partial charge >= 0.3 is 0 Å². The van der Waals surface area contributed by atoms with Gasteiger partial charge in [0.2, 0.25) is 0 Å². The number of ketones is 1. The molecule has 51 heavy (non-hydrogen) atoms. The molecule has 6 N–H and O–H groups in total. The van der Waals surface area contributed by atoms with Gasteiger partial charge in [-0.3, -0.25) is 9.93 Å². The number of aryl methyl sites for hydroxylation is 2. The summed E-state index contributed by atoms with van der Waals surface area (Å²) < 4.78 is 30.9. The van der Waals surface area contributed by atoms with Crippen molar-refractivity contribution in [3.05, 3.63) is 70.8 Å². The molecule has 0 saturated carbocycles. The Labute approximate surface area is 331 Å². The Bertz CT molecular complexity index is 1150. The monoisotopic (exact) mass is 796 g/mol. The van der Waals surface area contributed by atoms with Crippen molar-refractivity contribution in [1.29, 1.82) is 0 Å². The summed E-state index contributed by atoms with van der Waals surface area (Å²) in [7, 11) is -2.37. The number of aliphatic hydroxyl groups excluding tert-OH is 4. The minimum absolute atomic E-state index is 0. The molecule has 0 spiro atoms. The Hall–Kier alpha value is -1.45. The zero-order valence-electron chi connectivity index (χ0n) is 34.0. The maximum atomic E-state index is 11.9. The molecule has 2 aromatic rings. The largest absolute Gasteiger partial charge is 0.397 e. The van der Waals surface area contributed by atoms with Gasteiger partial charge in [0.15, 0.2) is 5.78 Å². The molecule has 13 heteroatoms. The van der Waals surface area contributed by atoms with Crippen LogP contribution in [0.15, 0.2) is 52.9 Å². The number of rotatable bonds is 3. The van der Waals surface area contributed by atoms with Crippen molar-refractivity contribution in [3.63, 3.8) is 0 Å². The van der Waals surface area contributed by atoms with E-state index < -0.39 is 22.0 Å². The number of hydrogen-bond donors (Lipinski definition) is 5. The van der Waals surface area contributed by atoms with E-state index in [-0.39, 0.29) is 63.4 Å². The van der Waals surface area contributed by atoms with E-state index >= 15 is 0 Å². The first kappa shape index (κ1) is 61.6. The zero-order chi connectivity index (χ0) is 40.3. The summed E-state index contributed by atoms with van der Waals surface area (Å²) >= 11 is 0. The van der Waals surface area contributed by atoms with Crippen LogP contribution in [0.2, 0.25) is 0 Å². The average molecular weight is 797 g/mol. The van der Waals surface area contributed by atoms with E-state index in [9.17, 15) is 13.2 Å². The molecule has 0 bridgehead atoms. The Morgan fingerprint density at radius 1 is 0.725 bits per heavy atom. The number of nitrogens with two attached hydrogens (primary N) is 1. The van der Waals surface area contributed by atoms with E-state index in [1.807, 2.05) is 105 Å². The van der Waals surface area contributed by atoms with Crippen molar-refractivity contribution in [1.82, 2.24) is 0 Å². The summed E-state index contributed by atoms with van der Waals surface area (Å²) in [5, 5.41) is 35.3. The summed E-state index contributed by atoms with van der Waals surface area (Å²) in [6.07, 6.45) is 2.56. The summed E-state index contributed by atoms with van der Waals surface area (Å²) in [6.45, 7) is 28.5. The molecule has 298 valence electrons. The van der Waals surface area contributed by atoms with E-state index in [4.69, 9.17) is 30.3 Å². The Balaban J connectivity index is -0.000000125. The Morgan fingerprint density at radius 3 is 1.25 bits per heavy atom. The van der Waals surface area contributed by atoms with E-state index in [0.29, 0.717) is 0 Å². The third-order valence-electron chi connectivity index (χ3n) is 5.04. The van der Waals surface area contributed by atoms with Crippen LogP contribution in [0, 0.1) is 13.8 Å². The second-order valence-corrected chi connectivity index (χ2v) is 16.1. The molecule has 2 aromatic carbocycles. The van der Waals surface area contributed by atoms with Crippen LogP contribution in [0.4, 0.5) is 0 Å². The van der Waals surface area contributed by atoms with Gasteiger partial charge in [0.05, 0.1) is 26.2 Å². The van der Waals surface area contributed by atoms with Crippen LogP contribution in [0.3, 0.4) is 0 Å². The van der Waals surface area contributed by atoms with Gasteiger partial charge in [0, 0.05) is 66.9 Å². The first-order valence-electron chi connectivity index (χ1n) is 16.9. The molecule has 1 saturated heterocycles. The molecule has 1 fully saturated rings. The van der Waals surface area contributed by atoms with E-state index in [2.05, 4.69) is 10.5 Å². The van der Waals surface area contributed by atoms with Crippen LogP contribution < -0.4 is 5.14 Å². The maximum absolute atomic E-state index is 11.9. The minimum Gasteiger partial charge on any atom is -0.397 e. The first-order chi connectivity index (χ1) is 23.1. The number of carbonyl (C=O) groups excluding carboxylic acids is 1. The Kier molecular flexibility index (Phi) is 48.0. The molecule has 1 heterocycles. The third-order valence-corrected chi connectivity index (χ3v) is 7.73. The number of nitrogens with zero attached hydrogens (tertiary/aromatic N) is 1. The van der Waals surface area contributed by atoms with Gasteiger partial charge in [0.1, 0.15) is 11.0 Å². The standard InChI is InChI=1S/C13H19NOS.C9H10O.C4H11NOS.C4H8O.4C2H6O.Ti/c1-10-7-6-8-12(9-10)11(2)14-16(15)13(3,4)5;1-7-4-3-5-9(6-7)8(2)10;1-4(2,3)7(5)6;1-2-4-5-3-1;4*1-2-3;/h6-9H,1-5H3;3-6H,1-2H3;5H2,1-3H3;1-4H2;4*3H,2H2,1H3;/t16-;;7-;;;;;;/m1.1....../s1. The molecular weight excluding hydrogens is 724 g/mol. The SMILES string of the molecule is C1CCOC1.CC(=N[S@](=O)C(C)(C)C)c1cccc(C)c1.CC(=O)c1cccc(C)c1.CC(C)(C)[S@](N)=O.CCO.CCO.CCO.CCO.[Ti]. The molecule has 1 aliphatic rings. The van der Waals surface area contributed by atoms with E-state index in [0.717, 1.165) is 35.6 Å². The van der Waals surface area contributed by atoms with Crippen molar-refractivity contribution < 1.29 is 60.1 Å². The average Bonchev–Trinajstić information content (AvgIpc) is 3.59. The quantitative estimate of drug-likeness (QED) is 0.130. The van der Waals surface area contributed by atoms with E-state index in [1.54, 1.807) is 34.6 Å². The molecular formula is C38H72N2O8S2Ti. The maximum Gasteiger partial charge on any atom is 0.159 e. The third kappa shape index (κ3) is 46.5. The van der Waals surface area contributed by atoms with Crippen molar-refractivity contribution in [2.24, 2.45) is 9.54 Å². The van der Waals surface area contributed by atoms with Crippen LogP contribution in [0.5, 0.6) is 0 Å². The summed E-state index contributed by atoms with van der Waals surface area (Å²) in [5.41, 5.74) is 4.98. The van der Waals surface area contributed by atoms with Gasteiger partial charge in [-0.25, -0.2) is 8.42 Å². The molecule has 0 aromatic heterocycles. The van der Waals surface area contributed by atoms with E-state index in [1.165, 1.54) is 18.4 Å². The molecule has 0 radical (unpaired) electrons. The van der Waals surface area contributed by atoms with Gasteiger partial charge in [0.25, 0.3) is 0 Å². The molecule has 1 aliphatic heterocycles. The van der Waals surface area contributed by atoms with Crippen molar-refractivity contribution >= 4 is 33.5 Å². The van der Waals surface area contributed by atoms with Crippen molar-refractivity contribution in [2.45, 2.75) is 119 Å². The van der Waals surface area contributed by atoms with Crippen molar-refractivity contribution in [3.8, 4) is 0 Å². The van der Waals surface area contributed by atoms with Gasteiger partial charge in [-0.1, -0.05) is 53.6 Å². The van der Waals surface area contributed by atoms with Crippen LogP contribution in [0.1, 0.15) is 123 Å². The fraction of sp³-hybridized carbons (Fsp3) is 0.632. The normalized spacial score (nSPS) is 12.6. The fourth-order valence-corrected chi connectivity index (χ4v) is 3.19.